The Kier molecular flexibility index (Phi) is 5.69. The Hall–Kier alpha value is -0.200. The topological polar surface area (TPSA) is 90.2 Å². The van der Waals surface area contributed by atoms with Crippen molar-refractivity contribution in [1.82, 2.24) is 0 Å². The molecule has 0 aromatic rings. The van der Waals surface area contributed by atoms with Crippen LogP contribution in [0.15, 0.2) is 0 Å². The predicted molar refractivity (Wildman–Crippen MR) is 55.1 cm³/mol. The molecule has 0 amide bonds. The first kappa shape index (κ1) is 14.8. The highest BCUT2D eigenvalue weighted by molar-refractivity contribution is 4.79. The molecule has 0 saturated carbocycles. The monoisotopic (exact) mass is 222 g/mol. The van der Waals surface area contributed by atoms with Gasteiger partial charge in [0.2, 0.25) is 0 Å². The Morgan fingerprint density at radius 1 is 1.13 bits per heavy atom. The van der Waals surface area contributed by atoms with Gasteiger partial charge in [0.25, 0.3) is 0 Å². The van der Waals surface area contributed by atoms with Gasteiger partial charge in [0.15, 0.2) is 6.29 Å². The lowest BCUT2D eigenvalue weighted by molar-refractivity contribution is -0.215. The minimum Gasteiger partial charge on any atom is -0.394 e. The van der Waals surface area contributed by atoms with E-state index in [4.69, 9.17) is 20.1 Å². The van der Waals surface area contributed by atoms with Crippen molar-refractivity contribution in [2.75, 3.05) is 6.61 Å². The van der Waals surface area contributed by atoms with E-state index in [9.17, 15) is 5.11 Å². The highest BCUT2D eigenvalue weighted by atomic mass is 16.6. The van der Waals surface area contributed by atoms with Crippen LogP contribution < -0.4 is 0 Å². The van der Waals surface area contributed by atoms with Crippen LogP contribution in [-0.4, -0.2) is 51.6 Å². The molecule has 0 aromatic carbocycles. The molecule has 0 aliphatic heterocycles. The summed E-state index contributed by atoms with van der Waals surface area (Å²) in [4.78, 5) is 0. The molecule has 3 atom stereocenters. The molecule has 5 nitrogen and oxygen atoms in total. The highest BCUT2D eigenvalue weighted by Gasteiger charge is 2.34. The van der Waals surface area contributed by atoms with Gasteiger partial charge in [-0.2, -0.15) is 0 Å². The van der Waals surface area contributed by atoms with Crippen molar-refractivity contribution >= 4 is 0 Å². The zero-order chi connectivity index (χ0) is 12.2. The Morgan fingerprint density at radius 3 is 1.80 bits per heavy atom. The second-order valence-electron chi connectivity index (χ2n) is 4.80. The van der Waals surface area contributed by atoms with Gasteiger partial charge in [0.1, 0.15) is 12.2 Å². The van der Waals surface area contributed by atoms with Gasteiger partial charge in [-0.15, -0.1) is 0 Å². The smallest absolute Gasteiger partial charge is 0.178 e. The third kappa shape index (κ3) is 4.90. The minimum absolute atomic E-state index is 0.364. The van der Waals surface area contributed by atoms with E-state index < -0.39 is 30.0 Å². The fourth-order valence-electron chi connectivity index (χ4n) is 1.22. The molecule has 92 valence electrons. The SMILES string of the molecule is CC(O)C(CO)OC(C(O)O)C(C)(C)C. The summed E-state index contributed by atoms with van der Waals surface area (Å²) in [6, 6.07) is 0. The maximum absolute atomic E-state index is 9.26. The molecule has 0 aliphatic carbocycles. The zero-order valence-corrected chi connectivity index (χ0v) is 9.71. The third-order valence-electron chi connectivity index (χ3n) is 2.16. The van der Waals surface area contributed by atoms with Gasteiger partial charge in [-0.1, -0.05) is 20.8 Å². The normalized spacial score (nSPS) is 19.0. The molecule has 0 bridgehead atoms. The summed E-state index contributed by atoms with van der Waals surface area (Å²) < 4.78 is 5.29. The van der Waals surface area contributed by atoms with Crippen LogP contribution in [0.4, 0.5) is 0 Å². The van der Waals surface area contributed by atoms with Crippen LogP contribution in [0.1, 0.15) is 27.7 Å². The largest absolute Gasteiger partial charge is 0.394 e. The molecular formula is C10H22O5. The molecule has 0 rings (SSSR count). The summed E-state index contributed by atoms with van der Waals surface area (Å²) in [5.41, 5.74) is -0.490. The molecule has 0 fully saturated rings. The van der Waals surface area contributed by atoms with Gasteiger partial charge in [-0.25, -0.2) is 0 Å². The van der Waals surface area contributed by atoms with Crippen molar-refractivity contribution in [3.8, 4) is 0 Å². The number of hydrogen-bond donors (Lipinski definition) is 4. The van der Waals surface area contributed by atoms with E-state index in [1.807, 2.05) is 0 Å². The average Bonchev–Trinajstić information content (AvgIpc) is 2.01. The Bertz CT molecular complexity index is 173. The molecular weight excluding hydrogens is 200 g/mol. The summed E-state index contributed by atoms with van der Waals surface area (Å²) in [5, 5.41) is 36.5. The fraction of sp³-hybridized carbons (Fsp3) is 1.00. The van der Waals surface area contributed by atoms with Crippen molar-refractivity contribution in [3.05, 3.63) is 0 Å². The molecule has 0 heterocycles. The van der Waals surface area contributed by atoms with Crippen LogP contribution >= 0.6 is 0 Å². The number of aliphatic hydroxyl groups is 4. The standard InChI is InChI=1S/C10H22O5/c1-6(12)7(5-11)15-8(9(13)14)10(2,3)4/h6-9,11-14H,5H2,1-4H3. The number of aliphatic hydroxyl groups excluding tert-OH is 3. The second-order valence-corrected chi connectivity index (χ2v) is 4.80. The van der Waals surface area contributed by atoms with Crippen molar-refractivity contribution in [1.29, 1.82) is 0 Å². The quantitative estimate of drug-likeness (QED) is 0.469. The number of rotatable bonds is 5. The van der Waals surface area contributed by atoms with Crippen LogP contribution in [0, 0.1) is 5.41 Å². The van der Waals surface area contributed by atoms with E-state index >= 15 is 0 Å². The summed E-state index contributed by atoms with van der Waals surface area (Å²) in [5.74, 6) is 0. The maximum Gasteiger partial charge on any atom is 0.178 e. The Morgan fingerprint density at radius 2 is 1.60 bits per heavy atom. The Labute approximate surface area is 90.3 Å². The number of hydrogen-bond acceptors (Lipinski definition) is 5. The first-order valence-electron chi connectivity index (χ1n) is 5.00. The molecule has 4 N–H and O–H groups in total. The van der Waals surface area contributed by atoms with Gasteiger partial charge >= 0.3 is 0 Å². The van der Waals surface area contributed by atoms with Crippen LogP contribution in [0.25, 0.3) is 0 Å². The van der Waals surface area contributed by atoms with E-state index in [-0.39, 0.29) is 6.61 Å². The molecule has 0 radical (unpaired) electrons. The molecule has 3 unspecified atom stereocenters. The summed E-state index contributed by atoms with van der Waals surface area (Å²) in [6.45, 7) is 6.47. The van der Waals surface area contributed by atoms with Gasteiger partial charge < -0.3 is 25.2 Å². The van der Waals surface area contributed by atoms with E-state index in [0.29, 0.717) is 0 Å². The second kappa shape index (κ2) is 5.77. The fourth-order valence-corrected chi connectivity index (χ4v) is 1.22. The van der Waals surface area contributed by atoms with Crippen molar-refractivity contribution in [2.45, 2.75) is 52.3 Å². The van der Waals surface area contributed by atoms with E-state index in [1.165, 1.54) is 6.92 Å². The lowest BCUT2D eigenvalue weighted by Crippen LogP contribution is -2.45. The van der Waals surface area contributed by atoms with Crippen LogP contribution in [0.3, 0.4) is 0 Å². The van der Waals surface area contributed by atoms with Crippen molar-refractivity contribution in [2.24, 2.45) is 5.41 Å². The van der Waals surface area contributed by atoms with Crippen LogP contribution in [0.2, 0.25) is 0 Å². The van der Waals surface area contributed by atoms with Crippen molar-refractivity contribution < 1.29 is 25.2 Å². The molecule has 0 aromatic heterocycles. The van der Waals surface area contributed by atoms with Crippen LogP contribution in [-0.2, 0) is 4.74 Å². The highest BCUT2D eigenvalue weighted by Crippen LogP contribution is 2.26. The van der Waals surface area contributed by atoms with E-state index in [2.05, 4.69) is 0 Å². The molecule has 15 heavy (non-hydrogen) atoms. The third-order valence-corrected chi connectivity index (χ3v) is 2.16. The van der Waals surface area contributed by atoms with Gasteiger partial charge in [0.05, 0.1) is 12.7 Å². The van der Waals surface area contributed by atoms with Gasteiger partial charge in [-0.05, 0) is 12.3 Å². The molecule has 5 heteroatoms. The summed E-state index contributed by atoms with van der Waals surface area (Å²) >= 11 is 0. The summed E-state index contributed by atoms with van der Waals surface area (Å²) in [7, 11) is 0. The van der Waals surface area contributed by atoms with E-state index in [0.717, 1.165) is 0 Å². The minimum atomic E-state index is -1.64. The van der Waals surface area contributed by atoms with Gasteiger partial charge in [-0.3, -0.25) is 0 Å². The van der Waals surface area contributed by atoms with E-state index in [1.54, 1.807) is 20.8 Å². The van der Waals surface area contributed by atoms with Gasteiger partial charge in [0, 0.05) is 0 Å². The molecule has 0 aliphatic rings. The average molecular weight is 222 g/mol. The molecule has 0 saturated heterocycles. The predicted octanol–water partition coefficient (Wildman–Crippen LogP) is -0.530. The number of ether oxygens (including phenoxy) is 1. The first-order valence-corrected chi connectivity index (χ1v) is 5.00. The Balaban J connectivity index is 4.54. The first-order chi connectivity index (χ1) is 6.70. The van der Waals surface area contributed by atoms with Crippen LogP contribution in [0.5, 0.6) is 0 Å². The lowest BCUT2D eigenvalue weighted by Gasteiger charge is -2.35. The van der Waals surface area contributed by atoms with Crippen molar-refractivity contribution in [3.63, 3.8) is 0 Å². The molecule has 0 spiro atoms. The summed E-state index contributed by atoms with van der Waals surface area (Å²) in [6.07, 6.45) is -4.17. The lowest BCUT2D eigenvalue weighted by atomic mass is 9.88. The zero-order valence-electron chi connectivity index (χ0n) is 9.71. The maximum atomic E-state index is 9.26.